The zero-order valence-electron chi connectivity index (χ0n) is 49.1. The van der Waals surface area contributed by atoms with Crippen molar-refractivity contribution in [1.82, 2.24) is 5.32 Å². The van der Waals surface area contributed by atoms with Crippen LogP contribution in [0.2, 0.25) is 0 Å². The molecule has 0 fully saturated rings. The summed E-state index contributed by atoms with van der Waals surface area (Å²) in [7, 11) is 0. The summed E-state index contributed by atoms with van der Waals surface area (Å²) in [6.45, 7) is 4.87. The van der Waals surface area contributed by atoms with Crippen molar-refractivity contribution in [2.45, 2.75) is 366 Å². The van der Waals surface area contributed by atoms with Crippen LogP contribution >= 0.6 is 0 Å². The second kappa shape index (κ2) is 62.6. The fourth-order valence-electron chi connectivity index (χ4n) is 10.1. The predicted molar refractivity (Wildman–Crippen MR) is 319 cm³/mol. The number of carbonyl (C=O) groups is 2. The molecule has 0 aromatic heterocycles. The second-order valence-corrected chi connectivity index (χ2v) is 22.4. The number of hydrogen-bond acceptors (Lipinski definition) is 5. The van der Waals surface area contributed by atoms with Gasteiger partial charge in [-0.25, -0.2) is 0 Å². The van der Waals surface area contributed by atoms with Crippen LogP contribution in [0.4, 0.5) is 0 Å². The average Bonchev–Trinajstić information content (AvgIpc) is 3.39. The van der Waals surface area contributed by atoms with E-state index in [9.17, 15) is 19.8 Å². The molecule has 0 aromatic carbocycles. The van der Waals surface area contributed by atoms with Crippen molar-refractivity contribution in [2.24, 2.45) is 0 Å². The first kappa shape index (κ1) is 71.1. The molecule has 0 saturated carbocycles. The number of carbonyl (C=O) groups excluding carboxylic acids is 2. The molecule has 0 aliphatic heterocycles. The van der Waals surface area contributed by atoms with Crippen LogP contribution in [0.15, 0.2) is 36.5 Å². The smallest absolute Gasteiger partial charge is 0.305 e. The summed E-state index contributed by atoms with van der Waals surface area (Å²) < 4.78 is 5.46. The summed E-state index contributed by atoms with van der Waals surface area (Å²) in [4.78, 5) is 24.4. The van der Waals surface area contributed by atoms with Gasteiger partial charge < -0.3 is 20.3 Å². The zero-order valence-corrected chi connectivity index (χ0v) is 49.1. The van der Waals surface area contributed by atoms with Gasteiger partial charge in [0.1, 0.15) is 0 Å². The van der Waals surface area contributed by atoms with Gasteiger partial charge in [-0.3, -0.25) is 9.59 Å². The number of nitrogens with one attached hydrogen (secondary N) is 1. The van der Waals surface area contributed by atoms with E-state index >= 15 is 0 Å². The molecule has 6 nitrogen and oxygen atoms in total. The van der Waals surface area contributed by atoms with E-state index in [0.29, 0.717) is 19.4 Å². The molecule has 0 aromatic rings. The molecule has 430 valence electrons. The van der Waals surface area contributed by atoms with Crippen molar-refractivity contribution in [3.63, 3.8) is 0 Å². The van der Waals surface area contributed by atoms with E-state index in [0.717, 1.165) is 44.9 Å². The number of rotatable bonds is 61. The normalized spacial score (nSPS) is 12.8. The standard InChI is InChI=1S/C67H127NO5/c1-3-5-7-9-11-13-15-40-43-47-51-55-59-65(70)64(63-69)68-66(71)60-56-52-48-44-41-37-35-33-31-29-27-25-23-21-19-17-16-18-20-22-24-26-28-30-32-34-36-38-42-46-50-54-58-62-73-67(72)61-57-53-49-45-39-14-12-10-8-6-4-2/h10,12,20,22,55,59,64-65,69-70H,3-9,11,13-19,21,23-54,56-58,60-63H2,1-2H3,(H,68,71)/b12-10-,22-20-,59-55+. The van der Waals surface area contributed by atoms with E-state index in [4.69, 9.17) is 4.74 Å². The van der Waals surface area contributed by atoms with Gasteiger partial charge in [0, 0.05) is 12.8 Å². The molecule has 1 amide bonds. The maximum absolute atomic E-state index is 12.4. The number of amides is 1. The monoisotopic (exact) mass is 1030 g/mol. The minimum atomic E-state index is -0.841. The van der Waals surface area contributed by atoms with E-state index in [-0.39, 0.29) is 18.5 Å². The van der Waals surface area contributed by atoms with Crippen LogP contribution in [0.25, 0.3) is 0 Å². The molecule has 0 aliphatic carbocycles. The highest BCUT2D eigenvalue weighted by Crippen LogP contribution is 2.18. The van der Waals surface area contributed by atoms with Crippen LogP contribution in [0.1, 0.15) is 354 Å². The molecule has 0 spiro atoms. The number of allylic oxidation sites excluding steroid dienone is 5. The molecule has 0 bridgehead atoms. The average molecular weight is 1030 g/mol. The summed E-state index contributed by atoms with van der Waals surface area (Å²) in [6.07, 6.45) is 79.3. The van der Waals surface area contributed by atoms with Crippen LogP contribution in [0, 0.1) is 0 Å². The Balaban J connectivity index is 3.35. The van der Waals surface area contributed by atoms with Gasteiger partial charge >= 0.3 is 5.97 Å². The third-order valence-corrected chi connectivity index (χ3v) is 15.1. The summed E-state index contributed by atoms with van der Waals surface area (Å²) in [5.41, 5.74) is 0. The maximum Gasteiger partial charge on any atom is 0.305 e. The van der Waals surface area contributed by atoms with Gasteiger partial charge in [0.15, 0.2) is 0 Å². The topological polar surface area (TPSA) is 95.9 Å². The molecule has 6 heteroatoms. The Morgan fingerprint density at radius 3 is 1.01 bits per heavy atom. The fraction of sp³-hybridized carbons (Fsp3) is 0.881. The summed E-state index contributed by atoms with van der Waals surface area (Å²) in [5, 5.41) is 23.1. The van der Waals surface area contributed by atoms with Crippen molar-refractivity contribution < 1.29 is 24.5 Å². The summed E-state index contributed by atoms with van der Waals surface area (Å²) in [6, 6.07) is -0.624. The van der Waals surface area contributed by atoms with Crippen molar-refractivity contribution >= 4 is 11.9 Å². The Kier molecular flexibility index (Phi) is 61.0. The highest BCUT2D eigenvalue weighted by Gasteiger charge is 2.18. The lowest BCUT2D eigenvalue weighted by Crippen LogP contribution is -2.45. The Morgan fingerprint density at radius 1 is 0.370 bits per heavy atom. The highest BCUT2D eigenvalue weighted by atomic mass is 16.5. The van der Waals surface area contributed by atoms with Crippen LogP contribution in [-0.4, -0.2) is 47.4 Å². The van der Waals surface area contributed by atoms with Gasteiger partial charge in [0.25, 0.3) is 0 Å². The number of unbranched alkanes of at least 4 members (excludes halogenated alkanes) is 46. The SMILES string of the molecule is CCCC/C=C\CCCCCCCC(=O)OCCCCCCCCCCCCCC/C=C\CCCCCCCCCCCCCCCCCCCC(=O)NC(CO)C(O)/C=C/CCCCCCCCCCCC. The molecule has 0 radical (unpaired) electrons. The van der Waals surface area contributed by atoms with E-state index in [1.165, 1.54) is 283 Å². The van der Waals surface area contributed by atoms with Crippen molar-refractivity contribution in [2.75, 3.05) is 13.2 Å². The number of aliphatic hydroxyl groups is 2. The molecule has 0 saturated heterocycles. The summed E-state index contributed by atoms with van der Waals surface area (Å²) in [5.74, 6) is -0.0574. The van der Waals surface area contributed by atoms with Crippen LogP contribution in [0.3, 0.4) is 0 Å². The van der Waals surface area contributed by atoms with Gasteiger partial charge in [0.2, 0.25) is 5.91 Å². The van der Waals surface area contributed by atoms with Gasteiger partial charge in [-0.1, -0.05) is 301 Å². The minimum Gasteiger partial charge on any atom is -0.466 e. The molecule has 0 rings (SSSR count). The molecular formula is C67H127NO5. The molecule has 73 heavy (non-hydrogen) atoms. The van der Waals surface area contributed by atoms with Gasteiger partial charge in [-0.2, -0.15) is 0 Å². The Hall–Kier alpha value is -1.92. The number of aliphatic hydroxyl groups excluding tert-OH is 2. The molecular weight excluding hydrogens is 899 g/mol. The third-order valence-electron chi connectivity index (χ3n) is 15.1. The zero-order chi connectivity index (χ0) is 52.9. The molecule has 0 heterocycles. The van der Waals surface area contributed by atoms with E-state index in [1.54, 1.807) is 6.08 Å². The third kappa shape index (κ3) is 59.2. The first-order chi connectivity index (χ1) is 36.0. The first-order valence-corrected chi connectivity index (χ1v) is 32.8. The number of esters is 1. The Bertz CT molecular complexity index is 1180. The van der Waals surface area contributed by atoms with E-state index in [1.807, 2.05) is 6.08 Å². The summed E-state index contributed by atoms with van der Waals surface area (Å²) >= 11 is 0. The molecule has 2 unspecified atom stereocenters. The lowest BCUT2D eigenvalue weighted by molar-refractivity contribution is -0.143. The first-order valence-electron chi connectivity index (χ1n) is 32.8. The van der Waals surface area contributed by atoms with Crippen molar-refractivity contribution in [3.05, 3.63) is 36.5 Å². The fourth-order valence-corrected chi connectivity index (χ4v) is 10.1. The number of hydrogen-bond donors (Lipinski definition) is 3. The predicted octanol–water partition coefficient (Wildman–Crippen LogP) is 20.8. The van der Waals surface area contributed by atoms with Gasteiger partial charge in [0.05, 0.1) is 25.4 Å². The molecule has 2 atom stereocenters. The van der Waals surface area contributed by atoms with Crippen molar-refractivity contribution in [3.8, 4) is 0 Å². The van der Waals surface area contributed by atoms with Crippen LogP contribution in [0.5, 0.6) is 0 Å². The van der Waals surface area contributed by atoms with Gasteiger partial charge in [-0.15, -0.1) is 0 Å². The lowest BCUT2D eigenvalue weighted by Gasteiger charge is -2.20. The second-order valence-electron chi connectivity index (χ2n) is 22.4. The maximum atomic E-state index is 12.4. The molecule has 0 aliphatic rings. The Labute approximate surface area is 455 Å². The minimum absolute atomic E-state index is 0.00721. The Morgan fingerprint density at radius 2 is 0.658 bits per heavy atom. The highest BCUT2D eigenvalue weighted by molar-refractivity contribution is 5.76. The quantitative estimate of drug-likeness (QED) is 0.0320. The molecule has 3 N–H and O–H groups in total. The van der Waals surface area contributed by atoms with Crippen molar-refractivity contribution in [1.29, 1.82) is 0 Å². The largest absolute Gasteiger partial charge is 0.466 e. The van der Waals surface area contributed by atoms with E-state index in [2.05, 4.69) is 43.5 Å². The van der Waals surface area contributed by atoms with Crippen LogP contribution < -0.4 is 5.32 Å². The lowest BCUT2D eigenvalue weighted by atomic mass is 10.0. The van der Waals surface area contributed by atoms with Gasteiger partial charge in [-0.05, 0) is 77.0 Å². The van der Waals surface area contributed by atoms with Crippen LogP contribution in [-0.2, 0) is 14.3 Å². The number of ether oxygens (including phenoxy) is 1. The van der Waals surface area contributed by atoms with E-state index < -0.39 is 12.1 Å².